The Morgan fingerprint density at radius 3 is 2.85 bits per heavy atom. The Morgan fingerprint density at radius 1 is 1.77 bits per heavy atom. The molecule has 0 aliphatic heterocycles. The fourth-order valence-electron chi connectivity index (χ4n) is 0.714. The molecule has 1 aromatic heterocycles. The van der Waals surface area contributed by atoms with E-state index in [2.05, 4.69) is 0 Å². The maximum atomic E-state index is 10.2. The van der Waals surface area contributed by atoms with Gasteiger partial charge in [-0.05, 0) is 11.4 Å². The van der Waals surface area contributed by atoms with Crippen molar-refractivity contribution >= 4 is 22.9 Å². The molecule has 0 aromatic carbocycles. The molecule has 1 rings (SSSR count). The van der Waals surface area contributed by atoms with Crippen LogP contribution in [0.15, 0.2) is 23.6 Å². The van der Waals surface area contributed by atoms with Crippen molar-refractivity contribution in [3.8, 4) is 6.07 Å². The van der Waals surface area contributed by atoms with Crippen molar-refractivity contribution < 1.29 is 62.7 Å². The second-order valence-corrected chi connectivity index (χ2v) is 2.93. The molecule has 5 heteroatoms. The van der Waals surface area contributed by atoms with Gasteiger partial charge in [-0.2, -0.15) is 5.26 Å². The van der Waals surface area contributed by atoms with E-state index in [4.69, 9.17) is 10.4 Å². The number of carbonyl (C=O) groups is 1. The van der Waals surface area contributed by atoms with Crippen molar-refractivity contribution in [3.05, 3.63) is 28.5 Å². The molecule has 62 valence electrons. The standard InChI is InChI=1S/C8H5NO2S.K.H/c9-5-6(4-8(10)11)7-2-1-3-12-7;;/h1-4H,(H,10,11);;/q;+1;-1/b6-4-;;. The van der Waals surface area contributed by atoms with Crippen molar-refractivity contribution in [1.82, 2.24) is 0 Å². The van der Waals surface area contributed by atoms with Gasteiger partial charge in [0.25, 0.3) is 0 Å². The monoisotopic (exact) mass is 219 g/mol. The topological polar surface area (TPSA) is 61.1 Å². The van der Waals surface area contributed by atoms with E-state index >= 15 is 0 Å². The van der Waals surface area contributed by atoms with Crippen molar-refractivity contribution in [3.63, 3.8) is 0 Å². The van der Waals surface area contributed by atoms with Crippen molar-refractivity contribution in [2.24, 2.45) is 0 Å². The van der Waals surface area contributed by atoms with E-state index in [1.807, 2.05) is 6.07 Å². The van der Waals surface area contributed by atoms with E-state index in [1.54, 1.807) is 17.5 Å². The normalized spacial score (nSPS) is 9.92. The third-order valence-electron chi connectivity index (χ3n) is 1.17. The Morgan fingerprint density at radius 2 is 2.46 bits per heavy atom. The molecule has 0 atom stereocenters. The van der Waals surface area contributed by atoms with Gasteiger partial charge in [0.1, 0.15) is 6.07 Å². The summed E-state index contributed by atoms with van der Waals surface area (Å²) in [5.41, 5.74) is 0.192. The minimum Gasteiger partial charge on any atom is -1.00 e. The van der Waals surface area contributed by atoms with Gasteiger partial charge in [-0.3, -0.25) is 0 Å². The molecule has 1 N–H and O–H groups in total. The van der Waals surface area contributed by atoms with Crippen LogP contribution in [0.25, 0.3) is 5.57 Å². The van der Waals surface area contributed by atoms with Gasteiger partial charge in [-0.25, -0.2) is 4.79 Å². The first kappa shape index (κ1) is 13.0. The van der Waals surface area contributed by atoms with E-state index in [0.29, 0.717) is 4.88 Å². The maximum Gasteiger partial charge on any atom is 1.00 e. The van der Waals surface area contributed by atoms with E-state index < -0.39 is 5.97 Å². The summed E-state index contributed by atoms with van der Waals surface area (Å²) in [6.07, 6.45) is 0.909. The Balaban J connectivity index is 0. The smallest absolute Gasteiger partial charge is 1.00 e. The number of rotatable bonds is 2. The predicted octanol–water partition coefficient (Wildman–Crippen LogP) is -1.14. The maximum absolute atomic E-state index is 10.2. The van der Waals surface area contributed by atoms with Gasteiger partial charge in [-0.1, -0.05) is 6.07 Å². The first-order valence-electron chi connectivity index (χ1n) is 3.12. The summed E-state index contributed by atoms with van der Waals surface area (Å²) in [5, 5.41) is 18.8. The first-order valence-corrected chi connectivity index (χ1v) is 4.00. The fraction of sp³-hybridized carbons (Fsp3) is 0. The van der Waals surface area contributed by atoms with Gasteiger partial charge < -0.3 is 6.53 Å². The quantitative estimate of drug-likeness (QED) is 0.388. The molecule has 1 heterocycles. The number of carboxylic acid groups (broad SMARTS) is 1. The first-order chi connectivity index (χ1) is 5.74. The van der Waals surface area contributed by atoms with Gasteiger partial charge in [0.2, 0.25) is 0 Å². The van der Waals surface area contributed by atoms with E-state index in [-0.39, 0.29) is 58.4 Å². The van der Waals surface area contributed by atoms with Crippen molar-refractivity contribution in [2.45, 2.75) is 0 Å². The van der Waals surface area contributed by atoms with Gasteiger partial charge >= 0.3 is 57.4 Å². The van der Waals surface area contributed by atoms with Crippen LogP contribution >= 0.6 is 11.3 Å². The molecule has 0 saturated carbocycles. The molecular formula is C8H6KNO2S. The Kier molecular flexibility index (Phi) is 6.50. The Bertz CT molecular complexity index is 356. The summed E-state index contributed by atoms with van der Waals surface area (Å²) in [6.45, 7) is 0. The molecule has 0 unspecified atom stereocenters. The number of allylic oxidation sites excluding steroid dienone is 1. The van der Waals surface area contributed by atoms with Crippen molar-refractivity contribution in [1.29, 1.82) is 5.26 Å². The largest absolute Gasteiger partial charge is 1.00 e. The van der Waals surface area contributed by atoms with Crippen LogP contribution in [0.3, 0.4) is 0 Å². The molecule has 0 saturated heterocycles. The van der Waals surface area contributed by atoms with Gasteiger partial charge in [-0.15, -0.1) is 11.3 Å². The summed E-state index contributed by atoms with van der Waals surface area (Å²) in [7, 11) is 0. The summed E-state index contributed by atoms with van der Waals surface area (Å²) in [6, 6.07) is 5.31. The molecule has 0 amide bonds. The van der Waals surface area contributed by atoms with Gasteiger partial charge in [0, 0.05) is 11.0 Å². The summed E-state index contributed by atoms with van der Waals surface area (Å²) >= 11 is 1.34. The number of nitriles is 1. The predicted molar refractivity (Wildman–Crippen MR) is 46.7 cm³/mol. The fourth-order valence-corrected chi connectivity index (χ4v) is 1.41. The molecule has 0 fully saturated rings. The minimum absolute atomic E-state index is 0. The molecule has 3 nitrogen and oxygen atoms in total. The molecule has 13 heavy (non-hydrogen) atoms. The van der Waals surface area contributed by atoms with Crippen LogP contribution in [0.4, 0.5) is 0 Å². The van der Waals surface area contributed by atoms with E-state index in [1.165, 1.54) is 11.3 Å². The zero-order valence-corrected chi connectivity index (χ0v) is 11.0. The zero-order valence-electron chi connectivity index (χ0n) is 8.02. The Hall–Kier alpha value is 0.0364. The van der Waals surface area contributed by atoms with E-state index in [9.17, 15) is 4.79 Å². The second kappa shape index (κ2) is 6.48. The third-order valence-corrected chi connectivity index (χ3v) is 2.08. The van der Waals surface area contributed by atoms with Crippen molar-refractivity contribution in [2.75, 3.05) is 0 Å². The molecule has 0 spiro atoms. The SMILES string of the molecule is N#C/C(=C/C(=O)O)c1cccs1.[H-].[K+]. The average molecular weight is 219 g/mol. The molecular weight excluding hydrogens is 213 g/mol. The van der Waals surface area contributed by atoms with Crippen LogP contribution < -0.4 is 51.4 Å². The molecule has 0 aliphatic rings. The van der Waals surface area contributed by atoms with Crippen LogP contribution in [0.2, 0.25) is 0 Å². The number of nitrogens with zero attached hydrogens (tertiary/aromatic N) is 1. The van der Waals surface area contributed by atoms with Crippen LogP contribution in [-0.2, 0) is 4.79 Å². The molecule has 1 aromatic rings. The number of carboxylic acids is 1. The third kappa shape index (κ3) is 4.18. The molecule has 0 bridgehead atoms. The molecule has 0 aliphatic carbocycles. The Labute approximate surface area is 124 Å². The van der Waals surface area contributed by atoms with Gasteiger partial charge in [0.05, 0.1) is 5.57 Å². The van der Waals surface area contributed by atoms with Crippen LogP contribution in [-0.4, -0.2) is 11.1 Å². The summed E-state index contributed by atoms with van der Waals surface area (Å²) in [4.78, 5) is 10.9. The number of thiophene rings is 1. The number of hydrogen-bond acceptors (Lipinski definition) is 3. The number of aliphatic carboxylic acids is 1. The van der Waals surface area contributed by atoms with Crippen LogP contribution in [0.1, 0.15) is 6.30 Å². The van der Waals surface area contributed by atoms with Crippen LogP contribution in [0, 0.1) is 11.3 Å². The number of hydrogen-bond donors (Lipinski definition) is 1. The van der Waals surface area contributed by atoms with Gasteiger partial charge in [0.15, 0.2) is 0 Å². The van der Waals surface area contributed by atoms with Crippen LogP contribution in [0.5, 0.6) is 0 Å². The summed E-state index contributed by atoms with van der Waals surface area (Å²) < 4.78 is 0. The molecule has 0 radical (unpaired) electrons. The zero-order chi connectivity index (χ0) is 8.97. The second-order valence-electron chi connectivity index (χ2n) is 1.99. The summed E-state index contributed by atoms with van der Waals surface area (Å²) in [5.74, 6) is -1.10. The van der Waals surface area contributed by atoms with E-state index in [0.717, 1.165) is 6.08 Å². The minimum atomic E-state index is -1.10. The average Bonchev–Trinajstić information content (AvgIpc) is 2.51.